The number of hydrogen-bond acceptors (Lipinski definition) is 3. The molecule has 0 atom stereocenters. The highest BCUT2D eigenvalue weighted by Crippen LogP contribution is 2.22. The van der Waals surface area contributed by atoms with Gasteiger partial charge in [0.2, 0.25) is 0 Å². The number of halogens is 2. The molecule has 1 N–H and O–H groups in total. The molecular formula is C9H13F2N3O2. The Morgan fingerprint density at radius 3 is 2.69 bits per heavy atom. The molecule has 1 aromatic rings. The van der Waals surface area contributed by atoms with Gasteiger partial charge >= 0.3 is 5.97 Å². The summed E-state index contributed by atoms with van der Waals surface area (Å²) >= 11 is 0. The van der Waals surface area contributed by atoms with Gasteiger partial charge in [-0.25, -0.2) is 13.6 Å². The van der Waals surface area contributed by atoms with Gasteiger partial charge in [0.25, 0.3) is 6.43 Å². The van der Waals surface area contributed by atoms with Crippen LogP contribution in [0.2, 0.25) is 0 Å². The highest BCUT2D eigenvalue weighted by atomic mass is 19.3. The summed E-state index contributed by atoms with van der Waals surface area (Å²) in [6.07, 6.45) is -1.88. The maximum atomic E-state index is 12.7. The number of rotatable bonds is 5. The van der Waals surface area contributed by atoms with Crippen molar-refractivity contribution in [3.05, 3.63) is 17.5 Å². The molecule has 0 radical (unpaired) electrons. The summed E-state index contributed by atoms with van der Waals surface area (Å²) in [4.78, 5) is 12.5. The van der Waals surface area contributed by atoms with Crippen LogP contribution in [0.1, 0.15) is 22.5 Å². The Balaban J connectivity index is 2.96. The molecule has 1 rings (SSSR count). The molecule has 0 amide bonds. The van der Waals surface area contributed by atoms with Gasteiger partial charge in [0.1, 0.15) is 11.3 Å². The molecular weight excluding hydrogens is 220 g/mol. The molecule has 1 heterocycles. The van der Waals surface area contributed by atoms with Crippen LogP contribution in [0, 0.1) is 0 Å². The Morgan fingerprint density at radius 2 is 2.25 bits per heavy atom. The lowest BCUT2D eigenvalue weighted by molar-refractivity contribution is 0.0682. The van der Waals surface area contributed by atoms with Gasteiger partial charge in [0.05, 0.1) is 12.7 Å². The zero-order valence-electron chi connectivity index (χ0n) is 9.02. The molecule has 0 aliphatic heterocycles. The summed E-state index contributed by atoms with van der Waals surface area (Å²) in [6, 6.07) is 0. The normalized spacial score (nSPS) is 11.4. The molecule has 0 unspecified atom stereocenters. The van der Waals surface area contributed by atoms with Gasteiger partial charge in [0.15, 0.2) is 0 Å². The van der Waals surface area contributed by atoms with Gasteiger partial charge in [-0.3, -0.25) is 4.68 Å². The van der Waals surface area contributed by atoms with Crippen LogP contribution < -0.4 is 0 Å². The topological polar surface area (TPSA) is 58.4 Å². The highest BCUT2D eigenvalue weighted by Gasteiger charge is 2.23. The van der Waals surface area contributed by atoms with Crippen molar-refractivity contribution in [2.24, 2.45) is 0 Å². The molecule has 16 heavy (non-hydrogen) atoms. The predicted molar refractivity (Wildman–Crippen MR) is 52.7 cm³/mol. The quantitative estimate of drug-likeness (QED) is 0.826. The van der Waals surface area contributed by atoms with E-state index >= 15 is 0 Å². The van der Waals surface area contributed by atoms with Crippen LogP contribution in [0.5, 0.6) is 0 Å². The molecule has 7 heteroatoms. The van der Waals surface area contributed by atoms with Crippen LogP contribution in [0.4, 0.5) is 8.78 Å². The third-order valence-corrected chi connectivity index (χ3v) is 2.08. The fourth-order valence-corrected chi connectivity index (χ4v) is 1.26. The largest absolute Gasteiger partial charge is 0.478 e. The number of alkyl halides is 2. The number of aromatic carboxylic acids is 1. The zero-order valence-corrected chi connectivity index (χ0v) is 9.02. The molecule has 5 nitrogen and oxygen atoms in total. The van der Waals surface area contributed by atoms with E-state index in [1.54, 1.807) is 19.0 Å². The minimum atomic E-state index is -2.84. The summed E-state index contributed by atoms with van der Waals surface area (Å²) in [5.74, 6) is -1.38. The average molecular weight is 233 g/mol. The fourth-order valence-electron chi connectivity index (χ4n) is 1.26. The maximum absolute atomic E-state index is 12.7. The van der Waals surface area contributed by atoms with Crippen molar-refractivity contribution in [2.75, 3.05) is 20.6 Å². The number of aromatic nitrogens is 2. The third-order valence-electron chi connectivity index (χ3n) is 2.08. The number of hydrogen-bond donors (Lipinski definition) is 1. The number of likely N-dealkylation sites (N-methyl/N-ethyl adjacent to an activating group) is 1. The number of nitrogens with zero attached hydrogens (tertiary/aromatic N) is 3. The van der Waals surface area contributed by atoms with Gasteiger partial charge in [-0.05, 0) is 14.1 Å². The molecule has 0 bridgehead atoms. The van der Waals surface area contributed by atoms with Crippen molar-refractivity contribution in [2.45, 2.75) is 13.0 Å². The molecule has 90 valence electrons. The minimum absolute atomic E-state index is 0.236. The van der Waals surface area contributed by atoms with E-state index in [1.165, 1.54) is 0 Å². The smallest absolute Gasteiger partial charge is 0.339 e. The first-order valence-corrected chi connectivity index (χ1v) is 4.65. The molecule has 0 fully saturated rings. The van der Waals surface area contributed by atoms with Gasteiger partial charge < -0.3 is 10.0 Å². The van der Waals surface area contributed by atoms with Crippen LogP contribution >= 0.6 is 0 Å². The van der Waals surface area contributed by atoms with Gasteiger partial charge in [-0.2, -0.15) is 5.10 Å². The van der Waals surface area contributed by atoms with E-state index in [0.29, 0.717) is 6.54 Å². The first kappa shape index (κ1) is 12.6. The summed E-state index contributed by atoms with van der Waals surface area (Å²) < 4.78 is 26.4. The van der Waals surface area contributed by atoms with E-state index in [9.17, 15) is 13.6 Å². The zero-order chi connectivity index (χ0) is 12.3. The van der Waals surface area contributed by atoms with Crippen molar-refractivity contribution in [1.29, 1.82) is 0 Å². The van der Waals surface area contributed by atoms with E-state index in [1.807, 2.05) is 0 Å². The predicted octanol–water partition coefficient (Wildman–Crippen LogP) is 1.08. The van der Waals surface area contributed by atoms with E-state index in [2.05, 4.69) is 5.10 Å². The van der Waals surface area contributed by atoms with Crippen molar-refractivity contribution in [3.8, 4) is 0 Å². The van der Waals surface area contributed by atoms with E-state index in [0.717, 1.165) is 10.9 Å². The first-order chi connectivity index (χ1) is 7.43. The SMILES string of the molecule is CN(C)CCn1ncc(C(=O)O)c1C(F)F. The lowest BCUT2D eigenvalue weighted by atomic mass is 10.2. The van der Waals surface area contributed by atoms with Crippen LogP contribution in [0.25, 0.3) is 0 Å². The molecule has 0 aliphatic rings. The maximum Gasteiger partial charge on any atom is 0.339 e. The van der Waals surface area contributed by atoms with Crippen LogP contribution in [-0.4, -0.2) is 46.4 Å². The molecule has 1 aromatic heterocycles. The second kappa shape index (κ2) is 5.02. The molecule has 0 saturated heterocycles. The lowest BCUT2D eigenvalue weighted by Gasteiger charge is -2.11. The second-order valence-corrected chi connectivity index (χ2v) is 3.58. The van der Waals surface area contributed by atoms with Crippen LogP contribution in [-0.2, 0) is 6.54 Å². The molecule has 0 saturated carbocycles. The third kappa shape index (κ3) is 2.75. The summed E-state index contributed by atoms with van der Waals surface area (Å²) in [5.41, 5.74) is -0.969. The molecule has 0 spiro atoms. The van der Waals surface area contributed by atoms with Crippen LogP contribution in [0.3, 0.4) is 0 Å². The highest BCUT2D eigenvalue weighted by molar-refractivity contribution is 5.88. The number of carboxylic acid groups (broad SMARTS) is 1. The van der Waals surface area contributed by atoms with Crippen molar-refractivity contribution >= 4 is 5.97 Å². The summed E-state index contributed by atoms with van der Waals surface area (Å²) in [6.45, 7) is 0.750. The summed E-state index contributed by atoms with van der Waals surface area (Å²) in [7, 11) is 3.59. The Hall–Kier alpha value is -1.50. The number of carboxylic acids is 1. The Morgan fingerprint density at radius 1 is 1.62 bits per heavy atom. The molecule has 0 aromatic carbocycles. The Labute approximate surface area is 91.3 Å². The minimum Gasteiger partial charge on any atom is -0.478 e. The van der Waals surface area contributed by atoms with Crippen molar-refractivity contribution < 1.29 is 18.7 Å². The van der Waals surface area contributed by atoms with E-state index in [-0.39, 0.29) is 6.54 Å². The fraction of sp³-hybridized carbons (Fsp3) is 0.556. The second-order valence-electron chi connectivity index (χ2n) is 3.58. The van der Waals surface area contributed by atoms with Crippen molar-refractivity contribution in [1.82, 2.24) is 14.7 Å². The van der Waals surface area contributed by atoms with Crippen molar-refractivity contribution in [3.63, 3.8) is 0 Å². The Kier molecular flexibility index (Phi) is 3.94. The average Bonchev–Trinajstić information content (AvgIpc) is 2.57. The lowest BCUT2D eigenvalue weighted by Crippen LogP contribution is -2.20. The van der Waals surface area contributed by atoms with E-state index < -0.39 is 23.7 Å². The van der Waals surface area contributed by atoms with E-state index in [4.69, 9.17) is 5.11 Å². The van der Waals surface area contributed by atoms with Crippen LogP contribution in [0.15, 0.2) is 6.20 Å². The summed E-state index contributed by atoms with van der Waals surface area (Å²) in [5, 5.41) is 12.4. The standard InChI is InChI=1S/C9H13F2N3O2/c1-13(2)3-4-14-7(8(10)11)6(5-12-14)9(15)16/h5,8H,3-4H2,1-2H3,(H,15,16). The van der Waals surface area contributed by atoms with Gasteiger partial charge in [-0.15, -0.1) is 0 Å². The van der Waals surface area contributed by atoms with Gasteiger partial charge in [-0.1, -0.05) is 0 Å². The molecule has 0 aliphatic carbocycles. The Bertz CT molecular complexity index is 377. The first-order valence-electron chi connectivity index (χ1n) is 4.65. The monoisotopic (exact) mass is 233 g/mol. The van der Waals surface area contributed by atoms with Gasteiger partial charge in [0, 0.05) is 6.54 Å². The number of carbonyl (C=O) groups is 1.